The molecule has 0 aromatic heterocycles. The van der Waals surface area contributed by atoms with Gasteiger partial charge in [-0.2, -0.15) is 0 Å². The predicted molar refractivity (Wildman–Crippen MR) is 72.7 cm³/mol. The molecule has 0 atom stereocenters. The molecule has 1 rings (SSSR count). The van der Waals surface area contributed by atoms with E-state index >= 15 is 0 Å². The van der Waals surface area contributed by atoms with Crippen molar-refractivity contribution in [2.75, 3.05) is 0 Å². The van der Waals surface area contributed by atoms with Crippen LogP contribution in [-0.2, 0) is 0 Å². The number of halogens is 3. The number of aromatic carboxylic acids is 1. The van der Waals surface area contributed by atoms with Gasteiger partial charge in [0, 0.05) is 10.7 Å². The van der Waals surface area contributed by atoms with Gasteiger partial charge in [-0.3, -0.25) is 0 Å². The van der Waals surface area contributed by atoms with Gasteiger partial charge in [0.2, 0.25) is 0 Å². The molecule has 0 saturated carbocycles. The van der Waals surface area contributed by atoms with Crippen LogP contribution < -0.4 is 29.6 Å². The molecule has 0 radical (unpaired) electrons. The molecule has 0 bridgehead atoms. The fourth-order valence-corrected chi connectivity index (χ4v) is 3.10. The first-order valence-corrected chi connectivity index (χ1v) is 6.14. The van der Waals surface area contributed by atoms with E-state index in [1.165, 1.54) is 0 Å². The van der Waals surface area contributed by atoms with Gasteiger partial charge in [-0.15, -0.1) is 0 Å². The van der Waals surface area contributed by atoms with Crippen molar-refractivity contribution in [2.45, 2.75) is 0 Å². The maximum atomic E-state index is 10.7. The van der Waals surface area contributed by atoms with E-state index in [4.69, 9.17) is 5.11 Å². The Morgan fingerprint density at radius 1 is 1.31 bits per heavy atom. The van der Waals surface area contributed by atoms with Crippen LogP contribution in [-0.4, -0.2) is 11.1 Å². The maximum absolute atomic E-state index is 10.7. The van der Waals surface area contributed by atoms with Gasteiger partial charge in [0.25, 0.3) is 0 Å². The smallest absolute Gasteiger partial charge is 1.00 e. The first-order chi connectivity index (χ1) is 5.52. The van der Waals surface area contributed by atoms with Gasteiger partial charge >= 0.3 is 35.5 Å². The van der Waals surface area contributed by atoms with Crippen molar-refractivity contribution < 1.29 is 40.9 Å². The molecule has 1 aromatic carbocycles. The summed E-state index contributed by atoms with van der Waals surface area (Å²) >= 11 is 6.29. The molecule has 0 amide bonds. The number of carboxylic acid groups (broad SMARTS) is 1. The second kappa shape index (κ2) is 6.46. The van der Waals surface area contributed by atoms with Crippen LogP contribution >= 0.6 is 67.8 Å². The molecule has 1 N–H and O–H groups in total. The van der Waals surface area contributed by atoms with Crippen LogP contribution in [0.1, 0.15) is 11.8 Å². The summed E-state index contributed by atoms with van der Waals surface area (Å²) in [4.78, 5) is 10.7. The molecule has 13 heavy (non-hydrogen) atoms. The van der Waals surface area contributed by atoms with Gasteiger partial charge in [0.15, 0.2) is 0 Å². The van der Waals surface area contributed by atoms with Gasteiger partial charge in [0.1, 0.15) is 0 Å². The van der Waals surface area contributed by atoms with Gasteiger partial charge in [0.05, 0.1) is 5.56 Å². The van der Waals surface area contributed by atoms with E-state index in [0.717, 1.165) is 10.7 Å². The summed E-state index contributed by atoms with van der Waals surface area (Å²) in [6, 6.07) is 3.63. The third-order valence-corrected chi connectivity index (χ3v) is 4.89. The second-order valence-corrected chi connectivity index (χ2v) is 5.54. The SMILES string of the molecule is O=C(O)c1cc(I)cc(I)c1I.[H-].[Na+]. The number of carbonyl (C=O) groups is 1. The minimum absolute atomic E-state index is 0. The Hall–Kier alpha value is 1.88. The van der Waals surface area contributed by atoms with Crippen LogP contribution in [0, 0.1) is 10.7 Å². The summed E-state index contributed by atoms with van der Waals surface area (Å²) in [5.41, 5.74) is 0.381. The molecule has 0 spiro atoms. The van der Waals surface area contributed by atoms with Gasteiger partial charge in [-0.25, -0.2) is 4.79 Å². The number of rotatable bonds is 1. The van der Waals surface area contributed by atoms with E-state index < -0.39 is 5.97 Å². The second-order valence-electron chi connectivity index (χ2n) is 2.05. The van der Waals surface area contributed by atoms with Crippen molar-refractivity contribution in [1.29, 1.82) is 0 Å². The normalized spacial score (nSPS) is 9.15. The maximum Gasteiger partial charge on any atom is 1.00 e. The summed E-state index contributed by atoms with van der Waals surface area (Å²) in [5, 5.41) is 8.80. The fraction of sp³-hybridized carbons (Fsp3) is 0. The number of hydrogen-bond donors (Lipinski definition) is 1. The third-order valence-electron chi connectivity index (χ3n) is 1.22. The number of carboxylic acids is 1. The monoisotopic (exact) mass is 524 g/mol. The molecule has 66 valence electrons. The van der Waals surface area contributed by atoms with Gasteiger partial charge < -0.3 is 6.53 Å². The summed E-state index contributed by atoms with van der Waals surface area (Å²) in [7, 11) is 0. The zero-order valence-electron chi connectivity index (χ0n) is 7.64. The van der Waals surface area contributed by atoms with Crippen LogP contribution in [0.4, 0.5) is 0 Å². The number of benzene rings is 1. The zero-order chi connectivity index (χ0) is 9.30. The Morgan fingerprint density at radius 2 is 1.85 bits per heavy atom. The number of hydrogen-bond acceptors (Lipinski definition) is 1. The van der Waals surface area contributed by atoms with Gasteiger partial charge in [-0.1, -0.05) is 0 Å². The van der Waals surface area contributed by atoms with E-state index in [1.54, 1.807) is 6.07 Å². The van der Waals surface area contributed by atoms with Crippen molar-refractivity contribution in [2.24, 2.45) is 0 Å². The Kier molecular flexibility index (Phi) is 7.39. The molecule has 0 heterocycles. The van der Waals surface area contributed by atoms with Crippen LogP contribution in [0.25, 0.3) is 0 Å². The molecular weight excluding hydrogens is 520 g/mol. The van der Waals surface area contributed by atoms with E-state index in [1.807, 2.05) is 28.7 Å². The third kappa shape index (κ3) is 4.09. The molecule has 1 aromatic rings. The van der Waals surface area contributed by atoms with E-state index in [-0.39, 0.29) is 31.0 Å². The molecule has 0 fully saturated rings. The Morgan fingerprint density at radius 3 is 2.31 bits per heavy atom. The van der Waals surface area contributed by atoms with E-state index in [0.29, 0.717) is 5.56 Å². The summed E-state index contributed by atoms with van der Waals surface area (Å²) < 4.78 is 2.74. The average Bonchev–Trinajstić information content (AvgIpc) is 1.96. The average molecular weight is 524 g/mol. The van der Waals surface area contributed by atoms with Crippen molar-refractivity contribution in [3.05, 3.63) is 28.4 Å². The van der Waals surface area contributed by atoms with Gasteiger partial charge in [-0.05, 0) is 79.9 Å². The summed E-state index contributed by atoms with van der Waals surface area (Å²) in [6.45, 7) is 0. The Balaban J connectivity index is 0. The minimum atomic E-state index is -0.865. The van der Waals surface area contributed by atoms with Crippen LogP contribution in [0.15, 0.2) is 12.1 Å². The standard InChI is InChI=1S/C7H3I3O2.Na.H/c8-3-1-4(7(11)12)6(10)5(9)2-3;;/h1-2H,(H,11,12);;/q;+1;-1. The molecule has 0 unspecified atom stereocenters. The van der Waals surface area contributed by atoms with Crippen LogP contribution in [0.5, 0.6) is 0 Å². The largest absolute Gasteiger partial charge is 1.00 e. The molecule has 0 aliphatic heterocycles. The molecule has 0 aliphatic rings. The Bertz CT molecular complexity index is 346. The molecule has 0 saturated heterocycles. The first kappa shape index (κ1) is 14.9. The van der Waals surface area contributed by atoms with E-state index in [2.05, 4.69) is 45.2 Å². The molecule has 6 heteroatoms. The zero-order valence-corrected chi connectivity index (χ0v) is 15.1. The summed E-state index contributed by atoms with van der Waals surface area (Å²) in [6.07, 6.45) is 0. The molecular formula is C7H4I3NaO2. The minimum Gasteiger partial charge on any atom is -1.00 e. The first-order valence-electron chi connectivity index (χ1n) is 2.90. The van der Waals surface area contributed by atoms with Crippen molar-refractivity contribution in [1.82, 2.24) is 0 Å². The summed E-state index contributed by atoms with van der Waals surface area (Å²) in [5.74, 6) is -0.865. The van der Waals surface area contributed by atoms with Crippen LogP contribution in [0.2, 0.25) is 0 Å². The van der Waals surface area contributed by atoms with Crippen molar-refractivity contribution in [3.63, 3.8) is 0 Å². The van der Waals surface area contributed by atoms with Crippen molar-refractivity contribution >= 4 is 73.7 Å². The fourth-order valence-electron chi connectivity index (χ4n) is 0.712. The quantitative estimate of drug-likeness (QED) is 0.327. The molecule has 0 aliphatic carbocycles. The van der Waals surface area contributed by atoms with Crippen molar-refractivity contribution in [3.8, 4) is 0 Å². The Labute approximate surface area is 140 Å². The predicted octanol–water partition coefficient (Wildman–Crippen LogP) is 0.315. The topological polar surface area (TPSA) is 37.3 Å². The molecule has 2 nitrogen and oxygen atoms in total. The van der Waals surface area contributed by atoms with E-state index in [9.17, 15) is 4.79 Å². The van der Waals surface area contributed by atoms with Crippen LogP contribution in [0.3, 0.4) is 0 Å².